The SMILES string of the molecule is Nc1cc(C(=O)NC2CCC(=O)NC2)c(Br)cc1F. The number of benzene rings is 1. The molecule has 0 aromatic heterocycles. The summed E-state index contributed by atoms with van der Waals surface area (Å²) in [7, 11) is 0. The van der Waals surface area contributed by atoms with Crippen molar-refractivity contribution in [2.24, 2.45) is 0 Å². The molecule has 0 bridgehead atoms. The Hall–Kier alpha value is -1.63. The predicted octanol–water partition coefficient (Wildman–Crippen LogP) is 1.18. The van der Waals surface area contributed by atoms with E-state index in [0.29, 0.717) is 23.9 Å². The van der Waals surface area contributed by atoms with Gasteiger partial charge in [-0.3, -0.25) is 9.59 Å². The standard InChI is InChI=1S/C12H13BrFN3O2/c13-8-4-9(14)10(15)3-7(8)12(19)17-6-1-2-11(18)16-5-6/h3-4,6H,1-2,5,15H2,(H,16,18)(H,17,19). The van der Waals surface area contributed by atoms with Crippen LogP contribution in [0.3, 0.4) is 0 Å². The minimum Gasteiger partial charge on any atom is -0.396 e. The van der Waals surface area contributed by atoms with Crippen LogP contribution >= 0.6 is 15.9 Å². The number of hydrogen-bond donors (Lipinski definition) is 3. The number of hydrogen-bond acceptors (Lipinski definition) is 3. The maximum atomic E-state index is 13.2. The second-order valence-corrected chi connectivity index (χ2v) is 5.22. The van der Waals surface area contributed by atoms with Crippen LogP contribution in [0.5, 0.6) is 0 Å². The number of nitrogen functional groups attached to an aromatic ring is 1. The van der Waals surface area contributed by atoms with Gasteiger partial charge in [-0.15, -0.1) is 0 Å². The predicted molar refractivity (Wildman–Crippen MR) is 72.0 cm³/mol. The van der Waals surface area contributed by atoms with Crippen LogP contribution in [-0.2, 0) is 4.79 Å². The third kappa shape index (κ3) is 3.23. The number of rotatable bonds is 2. The number of anilines is 1. The zero-order valence-corrected chi connectivity index (χ0v) is 11.6. The minimum atomic E-state index is -0.576. The second-order valence-electron chi connectivity index (χ2n) is 4.37. The smallest absolute Gasteiger partial charge is 0.252 e. The molecule has 2 amide bonds. The summed E-state index contributed by atoms with van der Waals surface area (Å²) >= 11 is 3.13. The fourth-order valence-electron chi connectivity index (χ4n) is 1.86. The lowest BCUT2D eigenvalue weighted by atomic mass is 10.1. The third-order valence-corrected chi connectivity index (χ3v) is 3.59. The van der Waals surface area contributed by atoms with Gasteiger partial charge in [0.2, 0.25) is 5.91 Å². The first-order chi connectivity index (χ1) is 8.97. The van der Waals surface area contributed by atoms with Gasteiger partial charge in [0.05, 0.1) is 11.3 Å². The van der Waals surface area contributed by atoms with Gasteiger partial charge in [-0.2, -0.15) is 0 Å². The minimum absolute atomic E-state index is 0.0160. The molecule has 5 nitrogen and oxygen atoms in total. The molecule has 1 aliphatic heterocycles. The van der Waals surface area contributed by atoms with Crippen LogP contribution in [0.15, 0.2) is 16.6 Å². The third-order valence-electron chi connectivity index (χ3n) is 2.93. The normalized spacial score (nSPS) is 18.8. The molecule has 1 unspecified atom stereocenters. The summed E-state index contributed by atoms with van der Waals surface area (Å²) in [5.74, 6) is -0.939. The van der Waals surface area contributed by atoms with Crippen LogP contribution in [0, 0.1) is 5.82 Å². The molecule has 2 rings (SSSR count). The number of halogens is 2. The highest BCUT2D eigenvalue weighted by molar-refractivity contribution is 9.10. The van der Waals surface area contributed by atoms with Gasteiger partial charge in [-0.05, 0) is 34.5 Å². The van der Waals surface area contributed by atoms with E-state index in [1.807, 2.05) is 0 Å². The number of carbonyl (C=O) groups excluding carboxylic acids is 2. The summed E-state index contributed by atoms with van der Waals surface area (Å²) in [6, 6.07) is 2.33. The Morgan fingerprint density at radius 3 is 2.89 bits per heavy atom. The van der Waals surface area contributed by atoms with Crippen molar-refractivity contribution < 1.29 is 14.0 Å². The van der Waals surface area contributed by atoms with Crippen molar-refractivity contribution >= 4 is 33.4 Å². The Labute approximate surface area is 117 Å². The van der Waals surface area contributed by atoms with E-state index in [9.17, 15) is 14.0 Å². The second kappa shape index (κ2) is 5.56. The van der Waals surface area contributed by atoms with Crippen molar-refractivity contribution in [2.45, 2.75) is 18.9 Å². The Morgan fingerprint density at radius 1 is 1.53 bits per heavy atom. The van der Waals surface area contributed by atoms with Crippen molar-refractivity contribution in [3.05, 3.63) is 28.0 Å². The van der Waals surface area contributed by atoms with E-state index in [4.69, 9.17) is 5.73 Å². The lowest BCUT2D eigenvalue weighted by Gasteiger charge is -2.23. The molecule has 7 heteroatoms. The Kier molecular flexibility index (Phi) is 4.04. The molecule has 1 aromatic carbocycles. The monoisotopic (exact) mass is 329 g/mol. The number of nitrogens with one attached hydrogen (secondary N) is 2. The van der Waals surface area contributed by atoms with Gasteiger partial charge >= 0.3 is 0 Å². The molecule has 0 aliphatic carbocycles. The number of amides is 2. The first kappa shape index (κ1) is 13.8. The average Bonchev–Trinajstić information content (AvgIpc) is 2.36. The van der Waals surface area contributed by atoms with Gasteiger partial charge in [-0.25, -0.2) is 4.39 Å². The van der Waals surface area contributed by atoms with Gasteiger partial charge in [0.15, 0.2) is 0 Å². The molecule has 1 saturated heterocycles. The molecule has 1 fully saturated rings. The summed E-state index contributed by atoms with van der Waals surface area (Å²) in [4.78, 5) is 23.1. The summed E-state index contributed by atoms with van der Waals surface area (Å²) in [6.07, 6.45) is 0.976. The van der Waals surface area contributed by atoms with Gasteiger partial charge in [0, 0.05) is 23.5 Å². The van der Waals surface area contributed by atoms with Gasteiger partial charge < -0.3 is 16.4 Å². The van der Waals surface area contributed by atoms with E-state index < -0.39 is 5.82 Å². The van der Waals surface area contributed by atoms with Crippen molar-refractivity contribution in [1.82, 2.24) is 10.6 Å². The molecule has 102 valence electrons. The highest BCUT2D eigenvalue weighted by Gasteiger charge is 2.21. The largest absolute Gasteiger partial charge is 0.396 e. The maximum Gasteiger partial charge on any atom is 0.252 e. The van der Waals surface area contributed by atoms with Crippen LogP contribution in [-0.4, -0.2) is 24.4 Å². The molecular formula is C12H13BrFN3O2. The summed E-state index contributed by atoms with van der Waals surface area (Å²) in [5.41, 5.74) is 5.64. The molecule has 1 aliphatic rings. The van der Waals surface area contributed by atoms with Crippen LogP contribution in [0.4, 0.5) is 10.1 Å². The number of piperidine rings is 1. The van der Waals surface area contributed by atoms with E-state index in [-0.39, 0.29) is 29.1 Å². The molecule has 0 spiro atoms. The zero-order chi connectivity index (χ0) is 14.0. The molecule has 0 radical (unpaired) electrons. The van der Waals surface area contributed by atoms with Gasteiger partial charge in [-0.1, -0.05) is 0 Å². The first-order valence-corrected chi connectivity index (χ1v) is 6.58. The Balaban J connectivity index is 2.08. The van der Waals surface area contributed by atoms with Gasteiger partial charge in [0.1, 0.15) is 5.82 Å². The molecule has 1 atom stereocenters. The van der Waals surface area contributed by atoms with E-state index in [1.54, 1.807) is 0 Å². The maximum absolute atomic E-state index is 13.2. The first-order valence-electron chi connectivity index (χ1n) is 5.79. The quantitative estimate of drug-likeness (QED) is 0.712. The molecule has 0 saturated carbocycles. The van der Waals surface area contributed by atoms with E-state index in [0.717, 1.165) is 6.07 Å². The lowest BCUT2D eigenvalue weighted by molar-refractivity contribution is -0.122. The Bertz CT molecular complexity index is 526. The van der Waals surface area contributed by atoms with Crippen molar-refractivity contribution in [1.29, 1.82) is 0 Å². The van der Waals surface area contributed by atoms with Crippen LogP contribution in [0.25, 0.3) is 0 Å². The number of carbonyl (C=O) groups is 2. The average molecular weight is 330 g/mol. The van der Waals surface area contributed by atoms with Gasteiger partial charge in [0.25, 0.3) is 5.91 Å². The lowest BCUT2D eigenvalue weighted by Crippen LogP contribution is -2.47. The highest BCUT2D eigenvalue weighted by atomic mass is 79.9. The van der Waals surface area contributed by atoms with Crippen molar-refractivity contribution in [3.63, 3.8) is 0 Å². The fraction of sp³-hybridized carbons (Fsp3) is 0.333. The highest BCUT2D eigenvalue weighted by Crippen LogP contribution is 2.23. The summed E-state index contributed by atoms with van der Waals surface area (Å²) in [6.45, 7) is 0.402. The van der Waals surface area contributed by atoms with Crippen LogP contribution in [0.2, 0.25) is 0 Å². The van der Waals surface area contributed by atoms with Crippen molar-refractivity contribution in [2.75, 3.05) is 12.3 Å². The molecule has 4 N–H and O–H groups in total. The topological polar surface area (TPSA) is 84.2 Å². The molecule has 1 heterocycles. The fourth-order valence-corrected chi connectivity index (χ4v) is 2.35. The zero-order valence-electron chi connectivity index (χ0n) is 10.0. The molecule has 19 heavy (non-hydrogen) atoms. The van der Waals surface area contributed by atoms with E-state index >= 15 is 0 Å². The number of nitrogens with two attached hydrogens (primary N) is 1. The van der Waals surface area contributed by atoms with E-state index in [1.165, 1.54) is 6.07 Å². The Morgan fingerprint density at radius 2 is 2.26 bits per heavy atom. The van der Waals surface area contributed by atoms with E-state index in [2.05, 4.69) is 26.6 Å². The summed E-state index contributed by atoms with van der Waals surface area (Å²) in [5, 5.41) is 5.46. The molecular weight excluding hydrogens is 317 g/mol. The summed E-state index contributed by atoms with van der Waals surface area (Å²) < 4.78 is 13.5. The van der Waals surface area contributed by atoms with Crippen LogP contribution in [0.1, 0.15) is 23.2 Å². The van der Waals surface area contributed by atoms with Crippen molar-refractivity contribution in [3.8, 4) is 0 Å². The van der Waals surface area contributed by atoms with Crippen LogP contribution < -0.4 is 16.4 Å². The molecule has 1 aromatic rings.